The number of carbonyl (C=O) groups excluding carboxylic acids is 3. The standard InChI is InChI=1S/C39H48ClN5O9S2/c1-4-23-17-39(23,38(48)43-56(49,50)24-5-6-24)18-30(46)28-16-33(29-19-52-20-34(47)45(28)29)54-32-15-26(37-42-27(21-55-37)22(2)3)41-36-25(32)7-8-31(35(36)40)53-14-11-44-9-12-51-13-10-44/h7-8,15,21-24,28-29,33H,4-6,9-14,16-20H2,1-3H3,(H,43,48)/t23-,28+,29-,33-,39-/m1/s1. The van der Waals surface area contributed by atoms with Crippen LogP contribution in [0, 0.1) is 11.3 Å². The van der Waals surface area contributed by atoms with Gasteiger partial charge in [-0.15, -0.1) is 11.3 Å². The van der Waals surface area contributed by atoms with Crippen molar-refractivity contribution < 1.29 is 41.7 Å². The number of ether oxygens (including phenoxy) is 4. The number of fused-ring (bicyclic) bond motifs is 2. The van der Waals surface area contributed by atoms with Gasteiger partial charge in [0, 0.05) is 49.3 Å². The van der Waals surface area contributed by atoms with Gasteiger partial charge in [-0.25, -0.2) is 18.4 Å². The van der Waals surface area contributed by atoms with Gasteiger partial charge in [0.1, 0.15) is 46.5 Å². The Hall–Kier alpha value is -3.41. The third kappa shape index (κ3) is 7.76. The van der Waals surface area contributed by atoms with Crippen molar-refractivity contribution >= 4 is 61.5 Å². The molecule has 3 saturated heterocycles. The van der Waals surface area contributed by atoms with Gasteiger partial charge in [0.15, 0.2) is 5.78 Å². The van der Waals surface area contributed by atoms with Crippen molar-refractivity contribution in [2.45, 2.75) is 88.7 Å². The van der Waals surface area contributed by atoms with Crippen LogP contribution < -0.4 is 14.2 Å². The van der Waals surface area contributed by atoms with Crippen molar-refractivity contribution in [3.8, 4) is 22.2 Å². The molecule has 302 valence electrons. The molecule has 5 heterocycles. The molecule has 8 rings (SSSR count). The molecule has 1 aromatic carbocycles. The summed E-state index contributed by atoms with van der Waals surface area (Å²) in [5.74, 6) is -0.231. The van der Waals surface area contributed by atoms with Gasteiger partial charge in [-0.05, 0) is 43.2 Å². The minimum absolute atomic E-state index is 0.132. The molecule has 2 aromatic heterocycles. The summed E-state index contributed by atoms with van der Waals surface area (Å²) in [5.41, 5.74) is 0.832. The summed E-state index contributed by atoms with van der Waals surface area (Å²) in [7, 11) is -3.79. The molecule has 2 amide bonds. The van der Waals surface area contributed by atoms with Crippen LogP contribution in [0.3, 0.4) is 0 Å². The minimum Gasteiger partial charge on any atom is -0.491 e. The second kappa shape index (κ2) is 15.7. The predicted molar refractivity (Wildman–Crippen MR) is 210 cm³/mol. The number of amides is 2. The second-order valence-electron chi connectivity index (χ2n) is 15.9. The third-order valence-electron chi connectivity index (χ3n) is 11.8. The van der Waals surface area contributed by atoms with Crippen LogP contribution in [0.25, 0.3) is 21.6 Å². The number of halogens is 1. The van der Waals surface area contributed by atoms with Gasteiger partial charge in [0.05, 0.1) is 53.8 Å². The van der Waals surface area contributed by atoms with Crippen molar-refractivity contribution in [1.82, 2.24) is 24.5 Å². The molecular formula is C39H48ClN5O9S2. The van der Waals surface area contributed by atoms with E-state index in [1.807, 2.05) is 24.4 Å². The van der Waals surface area contributed by atoms with Crippen LogP contribution in [-0.2, 0) is 33.9 Å². The van der Waals surface area contributed by atoms with Crippen molar-refractivity contribution in [3.05, 3.63) is 34.3 Å². The number of rotatable bonds is 15. The molecule has 17 heteroatoms. The number of nitrogens with zero attached hydrogens (tertiary/aromatic N) is 4. The minimum atomic E-state index is -3.79. The Morgan fingerprint density at radius 3 is 2.62 bits per heavy atom. The summed E-state index contributed by atoms with van der Waals surface area (Å²) in [4.78, 5) is 54.9. The number of sulfonamides is 1. The quantitative estimate of drug-likeness (QED) is 0.227. The maximum atomic E-state index is 14.3. The summed E-state index contributed by atoms with van der Waals surface area (Å²) in [5, 5.41) is 3.09. The maximum absolute atomic E-state index is 14.3. The molecule has 0 unspecified atom stereocenters. The fourth-order valence-electron chi connectivity index (χ4n) is 8.28. The molecule has 56 heavy (non-hydrogen) atoms. The molecular weight excluding hydrogens is 782 g/mol. The Morgan fingerprint density at radius 1 is 1.14 bits per heavy atom. The first-order valence-electron chi connectivity index (χ1n) is 19.5. The van der Waals surface area contributed by atoms with Crippen molar-refractivity contribution in [3.63, 3.8) is 0 Å². The number of Topliss-reactive ketones (excluding diaryl/α,β-unsaturated/α-hetero) is 1. The Morgan fingerprint density at radius 2 is 1.93 bits per heavy atom. The van der Waals surface area contributed by atoms with Crippen LogP contribution in [0.4, 0.5) is 0 Å². The van der Waals surface area contributed by atoms with Crippen LogP contribution in [-0.4, -0.2) is 122 Å². The Labute approximate surface area is 335 Å². The van der Waals surface area contributed by atoms with Crippen LogP contribution in [0.2, 0.25) is 5.02 Å². The zero-order valence-corrected chi connectivity index (χ0v) is 34.2. The number of carbonyl (C=O) groups is 3. The number of pyridine rings is 1. The van der Waals surface area contributed by atoms with Gasteiger partial charge in [-0.1, -0.05) is 38.8 Å². The first kappa shape index (κ1) is 39.4. The number of hydrogen-bond acceptors (Lipinski definition) is 13. The molecule has 5 aliphatic rings. The summed E-state index contributed by atoms with van der Waals surface area (Å²) in [6.07, 6.45) is 1.41. The van der Waals surface area contributed by atoms with E-state index in [2.05, 4.69) is 23.5 Å². The van der Waals surface area contributed by atoms with E-state index in [1.165, 1.54) is 11.3 Å². The van der Waals surface area contributed by atoms with Crippen molar-refractivity contribution in [2.75, 3.05) is 52.7 Å². The Bertz CT molecular complexity index is 2120. The zero-order chi connectivity index (χ0) is 39.4. The monoisotopic (exact) mass is 829 g/mol. The fourth-order valence-corrected chi connectivity index (χ4v) is 10.9. The summed E-state index contributed by atoms with van der Waals surface area (Å²) in [6.45, 7) is 10.3. The number of morpholine rings is 2. The molecule has 3 aromatic rings. The van der Waals surface area contributed by atoms with E-state index in [-0.39, 0.29) is 49.6 Å². The Kier molecular flexibility index (Phi) is 11.1. The highest BCUT2D eigenvalue weighted by Gasteiger charge is 2.62. The number of hydrogen-bond donors (Lipinski definition) is 1. The topological polar surface area (TPSA) is 167 Å². The van der Waals surface area contributed by atoms with Gasteiger partial charge >= 0.3 is 0 Å². The molecule has 0 bridgehead atoms. The lowest BCUT2D eigenvalue weighted by molar-refractivity contribution is -0.153. The first-order chi connectivity index (χ1) is 26.9. The summed E-state index contributed by atoms with van der Waals surface area (Å²) < 4.78 is 51.9. The maximum Gasteiger partial charge on any atom is 0.249 e. The molecule has 0 spiro atoms. The van der Waals surface area contributed by atoms with E-state index in [0.717, 1.165) is 25.3 Å². The smallest absolute Gasteiger partial charge is 0.249 e. The second-order valence-corrected chi connectivity index (χ2v) is 19.1. The Balaban J connectivity index is 1.08. The summed E-state index contributed by atoms with van der Waals surface area (Å²) in [6, 6.07) is 4.02. The molecule has 5 fully saturated rings. The van der Waals surface area contributed by atoms with Crippen LogP contribution in [0.1, 0.15) is 70.9 Å². The molecule has 2 aliphatic carbocycles. The van der Waals surface area contributed by atoms with E-state index in [9.17, 15) is 22.8 Å². The van der Waals surface area contributed by atoms with Crippen LogP contribution in [0.15, 0.2) is 23.6 Å². The number of nitrogens with one attached hydrogen (secondary N) is 1. The number of benzene rings is 1. The number of aromatic nitrogens is 2. The number of ketones is 1. The largest absolute Gasteiger partial charge is 0.491 e. The van der Waals surface area contributed by atoms with E-state index >= 15 is 0 Å². The highest BCUT2D eigenvalue weighted by molar-refractivity contribution is 7.90. The van der Waals surface area contributed by atoms with Gasteiger partial charge in [0.25, 0.3) is 0 Å². The lowest BCUT2D eigenvalue weighted by Gasteiger charge is -2.35. The highest BCUT2D eigenvalue weighted by Crippen LogP contribution is 2.58. The lowest BCUT2D eigenvalue weighted by atomic mass is 9.91. The fraction of sp³-hybridized carbons (Fsp3) is 0.615. The summed E-state index contributed by atoms with van der Waals surface area (Å²) >= 11 is 8.53. The SMILES string of the molecule is CC[C@@H]1C[C@]1(CC(=O)[C@@H]1C[C@@H](Oc2cc(-c3nc(C(C)C)cs3)nc3c(Cl)c(OCCN4CCOCC4)ccc23)[C@H]2COCC(=O)N21)C(=O)NS(=O)(=O)C1CC1. The highest BCUT2D eigenvalue weighted by atomic mass is 35.5. The van der Waals surface area contributed by atoms with Gasteiger partial charge in [0.2, 0.25) is 21.8 Å². The molecule has 3 aliphatic heterocycles. The van der Waals surface area contributed by atoms with Gasteiger partial charge < -0.3 is 23.8 Å². The van der Waals surface area contributed by atoms with Gasteiger partial charge in [-0.3, -0.25) is 24.0 Å². The van der Waals surface area contributed by atoms with E-state index in [1.54, 1.807) is 11.0 Å². The molecule has 5 atom stereocenters. The number of thiazole rings is 1. The lowest BCUT2D eigenvalue weighted by Crippen LogP contribution is -2.54. The first-order valence-corrected chi connectivity index (χ1v) is 22.3. The van der Waals surface area contributed by atoms with Crippen molar-refractivity contribution in [2.24, 2.45) is 11.3 Å². The third-order valence-corrected chi connectivity index (χ3v) is 14.9. The zero-order valence-electron chi connectivity index (χ0n) is 31.8. The average molecular weight is 830 g/mol. The molecule has 14 nitrogen and oxygen atoms in total. The van der Waals surface area contributed by atoms with Crippen LogP contribution in [0.5, 0.6) is 11.5 Å². The van der Waals surface area contributed by atoms with E-state index in [4.69, 9.17) is 40.5 Å². The van der Waals surface area contributed by atoms with Crippen LogP contribution >= 0.6 is 22.9 Å². The van der Waals surface area contributed by atoms with E-state index < -0.39 is 44.8 Å². The average Bonchev–Trinajstić information content (AvgIpc) is 4.07. The molecule has 2 saturated carbocycles. The van der Waals surface area contributed by atoms with Crippen molar-refractivity contribution in [1.29, 1.82) is 0 Å². The molecule has 1 N–H and O–H groups in total. The van der Waals surface area contributed by atoms with E-state index in [0.29, 0.717) is 83.6 Å². The predicted octanol–water partition coefficient (Wildman–Crippen LogP) is 4.58. The molecule has 0 radical (unpaired) electrons. The van der Waals surface area contributed by atoms with Gasteiger partial charge in [-0.2, -0.15) is 0 Å². The normalized spacial score (nSPS) is 26.7.